The average Bonchev–Trinajstić information content (AvgIpc) is 3.13. The van der Waals surface area contributed by atoms with Crippen molar-refractivity contribution in [2.75, 3.05) is 5.43 Å². The van der Waals surface area contributed by atoms with Gasteiger partial charge in [-0.05, 0) is 25.1 Å². The zero-order valence-corrected chi connectivity index (χ0v) is 16.8. The minimum atomic E-state index is -0.441. The Labute approximate surface area is 173 Å². The van der Waals surface area contributed by atoms with Gasteiger partial charge in [-0.1, -0.05) is 40.9 Å². The molecule has 10 heteroatoms. The largest absolute Gasteiger partial charge is 0.269 e. The van der Waals surface area contributed by atoms with E-state index in [2.05, 4.69) is 15.5 Å². The molecule has 0 saturated carbocycles. The van der Waals surface area contributed by atoms with Crippen LogP contribution >= 0.6 is 46.1 Å². The van der Waals surface area contributed by atoms with Crippen LogP contribution in [0.2, 0.25) is 15.1 Å². The summed E-state index contributed by atoms with van der Waals surface area (Å²) in [7, 11) is 0. The highest BCUT2D eigenvalue weighted by molar-refractivity contribution is 7.14. The van der Waals surface area contributed by atoms with E-state index in [1.165, 1.54) is 23.5 Å². The number of thiazole rings is 1. The maximum atomic E-state index is 10.7. The molecule has 3 aromatic rings. The summed E-state index contributed by atoms with van der Waals surface area (Å²) in [6.07, 6.45) is 0. The van der Waals surface area contributed by atoms with Crippen LogP contribution in [0.4, 0.5) is 10.8 Å². The first-order chi connectivity index (χ1) is 12.9. The molecule has 0 atom stereocenters. The number of aromatic nitrogens is 1. The quantitative estimate of drug-likeness (QED) is 0.212. The summed E-state index contributed by atoms with van der Waals surface area (Å²) in [5, 5.41) is 18.4. The number of nitro benzene ring substituents is 1. The lowest BCUT2D eigenvalue weighted by Crippen LogP contribution is -2.01. The van der Waals surface area contributed by atoms with Gasteiger partial charge in [0, 0.05) is 28.6 Å². The number of hydrogen-bond acceptors (Lipinski definition) is 6. The number of anilines is 1. The minimum absolute atomic E-state index is 0.0334. The number of hydrogen-bond donors (Lipinski definition) is 1. The Morgan fingerprint density at radius 2 is 1.85 bits per heavy atom. The van der Waals surface area contributed by atoms with Crippen LogP contribution in [0.15, 0.2) is 46.9 Å². The van der Waals surface area contributed by atoms with Crippen molar-refractivity contribution in [2.24, 2.45) is 5.10 Å². The van der Waals surface area contributed by atoms with Crippen LogP contribution in [0, 0.1) is 10.1 Å². The van der Waals surface area contributed by atoms with Crippen LogP contribution in [0.25, 0.3) is 11.3 Å². The second-order valence-electron chi connectivity index (χ2n) is 5.37. The number of rotatable bonds is 5. The van der Waals surface area contributed by atoms with E-state index in [0.29, 0.717) is 32.1 Å². The van der Waals surface area contributed by atoms with Gasteiger partial charge in [0.15, 0.2) is 0 Å². The van der Waals surface area contributed by atoms with Crippen LogP contribution in [0.3, 0.4) is 0 Å². The molecule has 1 heterocycles. The molecule has 0 bridgehead atoms. The molecule has 0 spiro atoms. The molecule has 1 N–H and O–H groups in total. The third-order valence-electron chi connectivity index (χ3n) is 3.62. The molecular weight excluding hydrogens is 431 g/mol. The number of halogens is 3. The van der Waals surface area contributed by atoms with Crippen molar-refractivity contribution >= 4 is 62.7 Å². The molecule has 0 unspecified atom stereocenters. The lowest BCUT2D eigenvalue weighted by atomic mass is 10.1. The molecular formula is C17H11Cl3N4O2S. The lowest BCUT2D eigenvalue weighted by molar-refractivity contribution is -0.384. The molecule has 0 aliphatic carbocycles. The summed E-state index contributed by atoms with van der Waals surface area (Å²) >= 11 is 19.6. The number of benzene rings is 2. The van der Waals surface area contributed by atoms with Crippen molar-refractivity contribution in [1.29, 1.82) is 0 Å². The normalized spacial score (nSPS) is 11.5. The second-order valence-corrected chi connectivity index (χ2v) is 7.40. The third kappa shape index (κ3) is 4.39. The summed E-state index contributed by atoms with van der Waals surface area (Å²) in [6.45, 7) is 1.78. The van der Waals surface area contributed by atoms with E-state index in [9.17, 15) is 10.1 Å². The molecule has 0 fully saturated rings. The Balaban J connectivity index is 1.77. The highest BCUT2D eigenvalue weighted by Gasteiger charge is 2.12. The van der Waals surface area contributed by atoms with Gasteiger partial charge in [-0.3, -0.25) is 15.5 Å². The number of non-ortho nitro benzene ring substituents is 1. The zero-order chi connectivity index (χ0) is 19.6. The SMILES string of the molecule is C/C(=N\Nc1nc(-c2ccc([N+](=O)[O-])cc2)cs1)c1ccc(Cl)c(Cl)c1Cl. The van der Waals surface area contributed by atoms with Gasteiger partial charge < -0.3 is 0 Å². The maximum Gasteiger partial charge on any atom is 0.269 e. The van der Waals surface area contributed by atoms with Gasteiger partial charge in [0.05, 0.1) is 31.4 Å². The van der Waals surface area contributed by atoms with Gasteiger partial charge in [0.25, 0.3) is 5.69 Å². The van der Waals surface area contributed by atoms with E-state index in [1.54, 1.807) is 31.2 Å². The fraction of sp³-hybridized carbons (Fsp3) is 0.0588. The Morgan fingerprint density at radius 3 is 2.52 bits per heavy atom. The topological polar surface area (TPSA) is 80.4 Å². The van der Waals surface area contributed by atoms with Crippen molar-refractivity contribution in [1.82, 2.24) is 4.98 Å². The fourth-order valence-corrected chi connectivity index (χ4v) is 3.54. The molecule has 0 aliphatic rings. The van der Waals surface area contributed by atoms with E-state index in [-0.39, 0.29) is 10.7 Å². The van der Waals surface area contributed by atoms with E-state index < -0.39 is 4.92 Å². The van der Waals surface area contributed by atoms with Crippen LogP contribution in [0.1, 0.15) is 12.5 Å². The first-order valence-electron chi connectivity index (χ1n) is 7.51. The highest BCUT2D eigenvalue weighted by atomic mass is 35.5. The molecule has 0 radical (unpaired) electrons. The number of nitrogens with one attached hydrogen (secondary N) is 1. The molecule has 6 nitrogen and oxygen atoms in total. The first kappa shape index (κ1) is 19.6. The van der Waals surface area contributed by atoms with E-state index in [1.807, 2.05) is 5.38 Å². The van der Waals surface area contributed by atoms with Crippen molar-refractivity contribution in [3.05, 3.63) is 72.5 Å². The standard InChI is InChI=1S/C17H11Cl3N4O2S/c1-9(12-6-7-13(18)16(20)15(12)19)22-23-17-21-14(8-27-17)10-2-4-11(5-3-10)24(25)26/h2-8H,1H3,(H,21,23)/b22-9+. The molecule has 0 aliphatic heterocycles. The molecule has 0 saturated heterocycles. The predicted octanol–water partition coefficient (Wildman–Crippen LogP) is 6.51. The summed E-state index contributed by atoms with van der Waals surface area (Å²) in [4.78, 5) is 14.7. The van der Waals surface area contributed by atoms with E-state index >= 15 is 0 Å². The van der Waals surface area contributed by atoms with Gasteiger partial charge in [0.2, 0.25) is 5.13 Å². The van der Waals surface area contributed by atoms with Crippen LogP contribution in [-0.2, 0) is 0 Å². The second kappa shape index (κ2) is 8.22. The van der Waals surface area contributed by atoms with E-state index in [4.69, 9.17) is 34.8 Å². The first-order valence-corrected chi connectivity index (χ1v) is 9.52. The van der Waals surface area contributed by atoms with Gasteiger partial charge in [-0.2, -0.15) is 5.10 Å². The van der Waals surface area contributed by atoms with Crippen LogP contribution in [0.5, 0.6) is 0 Å². The Hall–Kier alpha value is -2.19. The Bertz CT molecular complexity index is 1040. The predicted molar refractivity (Wildman–Crippen MR) is 112 cm³/mol. The van der Waals surface area contributed by atoms with Gasteiger partial charge >= 0.3 is 0 Å². The molecule has 27 heavy (non-hydrogen) atoms. The molecule has 2 aromatic carbocycles. The minimum Gasteiger partial charge on any atom is -0.258 e. The number of nitrogens with zero attached hydrogens (tertiary/aromatic N) is 3. The smallest absolute Gasteiger partial charge is 0.258 e. The third-order valence-corrected chi connectivity index (χ3v) is 5.66. The molecule has 0 amide bonds. The number of hydrazone groups is 1. The molecule has 138 valence electrons. The van der Waals surface area contributed by atoms with Crippen molar-refractivity contribution in [2.45, 2.75) is 6.92 Å². The molecule has 1 aromatic heterocycles. The highest BCUT2D eigenvalue weighted by Crippen LogP contribution is 2.33. The maximum absolute atomic E-state index is 10.7. The van der Waals surface area contributed by atoms with Gasteiger partial charge in [-0.15, -0.1) is 11.3 Å². The lowest BCUT2D eigenvalue weighted by Gasteiger charge is -2.07. The summed E-state index contributed by atoms with van der Waals surface area (Å²) in [5.74, 6) is 0. The zero-order valence-electron chi connectivity index (χ0n) is 13.7. The summed E-state index contributed by atoms with van der Waals surface area (Å²) < 4.78 is 0. The van der Waals surface area contributed by atoms with Crippen molar-refractivity contribution in [3.63, 3.8) is 0 Å². The monoisotopic (exact) mass is 440 g/mol. The summed E-state index contributed by atoms with van der Waals surface area (Å²) in [5.41, 5.74) is 5.65. The van der Waals surface area contributed by atoms with Crippen molar-refractivity contribution in [3.8, 4) is 11.3 Å². The molecule has 3 rings (SSSR count). The van der Waals surface area contributed by atoms with Crippen molar-refractivity contribution < 1.29 is 4.92 Å². The Kier molecular flexibility index (Phi) is 5.96. The Morgan fingerprint density at radius 1 is 1.15 bits per heavy atom. The van der Waals surface area contributed by atoms with Gasteiger partial charge in [0.1, 0.15) is 0 Å². The fourth-order valence-electron chi connectivity index (χ4n) is 2.21. The average molecular weight is 442 g/mol. The van der Waals surface area contributed by atoms with Crippen LogP contribution < -0.4 is 5.43 Å². The van der Waals surface area contributed by atoms with Crippen LogP contribution in [-0.4, -0.2) is 15.6 Å². The van der Waals surface area contributed by atoms with E-state index in [0.717, 1.165) is 5.56 Å². The van der Waals surface area contributed by atoms with Gasteiger partial charge in [-0.25, -0.2) is 4.98 Å². The summed E-state index contributed by atoms with van der Waals surface area (Å²) in [6, 6.07) is 9.58. The number of nitro groups is 1.